The lowest BCUT2D eigenvalue weighted by Crippen LogP contribution is -2.44. The summed E-state index contributed by atoms with van der Waals surface area (Å²) in [5.74, 6) is -1.23. The summed E-state index contributed by atoms with van der Waals surface area (Å²) in [7, 11) is 0. The molecule has 22 heavy (non-hydrogen) atoms. The lowest BCUT2D eigenvalue weighted by Gasteiger charge is -2.29. The van der Waals surface area contributed by atoms with Crippen molar-refractivity contribution >= 4 is 11.7 Å². The van der Waals surface area contributed by atoms with Crippen LogP contribution < -0.4 is 0 Å². The number of carbonyl (C=O) groups is 2. The van der Waals surface area contributed by atoms with Gasteiger partial charge in [0, 0.05) is 18.7 Å². The number of ether oxygens (including phenoxy) is 3. The van der Waals surface area contributed by atoms with Gasteiger partial charge in [0.05, 0.1) is 6.61 Å². The van der Waals surface area contributed by atoms with E-state index >= 15 is 0 Å². The van der Waals surface area contributed by atoms with Gasteiger partial charge in [-0.25, -0.2) is 0 Å². The van der Waals surface area contributed by atoms with Gasteiger partial charge in [0.15, 0.2) is 17.8 Å². The minimum Gasteiger partial charge on any atom is -0.394 e. The zero-order valence-corrected chi connectivity index (χ0v) is 13.5. The van der Waals surface area contributed by atoms with Crippen molar-refractivity contribution in [1.29, 1.82) is 0 Å². The monoisotopic (exact) mass is 313 g/mol. The summed E-state index contributed by atoms with van der Waals surface area (Å²) >= 11 is 0. The highest BCUT2D eigenvalue weighted by atomic mass is 16.8. The van der Waals surface area contributed by atoms with Crippen LogP contribution in [0.2, 0.25) is 0 Å². The predicted molar refractivity (Wildman–Crippen MR) is 76.5 cm³/mol. The first-order valence-corrected chi connectivity index (χ1v) is 7.26. The minimum atomic E-state index is -0.813. The van der Waals surface area contributed by atoms with Crippen LogP contribution in [0.1, 0.15) is 34.6 Å². The van der Waals surface area contributed by atoms with E-state index in [0.29, 0.717) is 5.57 Å². The molecule has 1 N–H and O–H groups in total. The fourth-order valence-corrected chi connectivity index (χ4v) is 2.67. The largest absolute Gasteiger partial charge is 0.394 e. The second-order valence-corrected chi connectivity index (χ2v) is 6.11. The van der Waals surface area contributed by atoms with E-state index in [1.807, 2.05) is 0 Å². The van der Waals surface area contributed by atoms with Gasteiger partial charge in [-0.15, -0.1) is 0 Å². The van der Waals surface area contributed by atoms with E-state index < -0.39 is 30.3 Å². The number of hydrogen-bond donors (Lipinski definition) is 1. The number of nitrogens with zero attached hydrogens (tertiary/aromatic N) is 1. The number of hydrogen-bond acceptors (Lipinski definition) is 6. The highest BCUT2D eigenvalue weighted by Gasteiger charge is 2.56. The van der Waals surface area contributed by atoms with Gasteiger partial charge in [0.25, 0.3) is 0 Å². The molecular formula is C15H23NO6. The Hall–Kier alpha value is -1.28. The van der Waals surface area contributed by atoms with Crippen molar-refractivity contribution in [2.24, 2.45) is 0 Å². The van der Waals surface area contributed by atoms with Crippen LogP contribution in [0.4, 0.5) is 0 Å². The molecule has 2 aliphatic heterocycles. The number of carbonyl (C=O) groups excluding carboxylic acids is 2. The molecule has 2 rings (SSSR count). The Kier molecular flexibility index (Phi) is 4.72. The van der Waals surface area contributed by atoms with E-state index in [0.717, 1.165) is 0 Å². The fourth-order valence-electron chi connectivity index (χ4n) is 2.67. The van der Waals surface area contributed by atoms with Gasteiger partial charge in [0.2, 0.25) is 5.91 Å². The van der Waals surface area contributed by atoms with Crippen LogP contribution in [0.15, 0.2) is 11.8 Å². The molecule has 2 heterocycles. The zero-order chi connectivity index (χ0) is 16.7. The molecule has 7 nitrogen and oxygen atoms in total. The SMILES string of the molecule is CC(=O)/C(C)=C\N(C(C)=O)[C@@H]1O[C@H](CO)C2OC(C)(C)O[C@@H]21. The van der Waals surface area contributed by atoms with E-state index in [-0.39, 0.29) is 18.3 Å². The van der Waals surface area contributed by atoms with Gasteiger partial charge in [-0.1, -0.05) is 0 Å². The Labute approximate surface area is 129 Å². The number of rotatable bonds is 4. The number of amides is 1. The van der Waals surface area contributed by atoms with E-state index in [1.54, 1.807) is 20.8 Å². The lowest BCUT2D eigenvalue weighted by atomic mass is 10.1. The lowest BCUT2D eigenvalue weighted by molar-refractivity contribution is -0.206. The first-order valence-electron chi connectivity index (χ1n) is 7.26. The van der Waals surface area contributed by atoms with E-state index in [1.165, 1.54) is 24.9 Å². The summed E-state index contributed by atoms with van der Waals surface area (Å²) in [6, 6.07) is 0. The third-order valence-electron chi connectivity index (χ3n) is 3.83. The highest BCUT2D eigenvalue weighted by Crippen LogP contribution is 2.39. The maximum atomic E-state index is 12.0. The Morgan fingerprint density at radius 2 is 1.77 bits per heavy atom. The van der Waals surface area contributed by atoms with E-state index in [4.69, 9.17) is 14.2 Å². The van der Waals surface area contributed by atoms with E-state index in [2.05, 4.69) is 0 Å². The Morgan fingerprint density at radius 3 is 2.27 bits per heavy atom. The second-order valence-electron chi connectivity index (χ2n) is 6.11. The van der Waals surface area contributed by atoms with Crippen LogP contribution in [0.25, 0.3) is 0 Å². The number of aliphatic hydroxyl groups is 1. The molecule has 2 aliphatic rings. The molecule has 1 amide bonds. The van der Waals surface area contributed by atoms with Crippen LogP contribution in [-0.4, -0.2) is 58.6 Å². The van der Waals surface area contributed by atoms with Crippen LogP contribution in [0.5, 0.6) is 0 Å². The molecule has 7 heteroatoms. The third kappa shape index (κ3) is 3.22. The van der Waals surface area contributed by atoms with Gasteiger partial charge in [-0.3, -0.25) is 14.5 Å². The Morgan fingerprint density at radius 1 is 1.18 bits per heavy atom. The summed E-state index contributed by atoms with van der Waals surface area (Å²) in [4.78, 5) is 24.7. The van der Waals surface area contributed by atoms with Gasteiger partial charge in [-0.2, -0.15) is 0 Å². The number of fused-ring (bicyclic) bond motifs is 1. The summed E-state index contributed by atoms with van der Waals surface area (Å²) in [5.41, 5.74) is 0.431. The average Bonchev–Trinajstić information content (AvgIpc) is 2.88. The molecular weight excluding hydrogens is 290 g/mol. The molecule has 4 atom stereocenters. The average molecular weight is 313 g/mol. The quantitative estimate of drug-likeness (QED) is 0.764. The molecule has 0 saturated carbocycles. The predicted octanol–water partition coefficient (Wildman–Crippen LogP) is 0.565. The van der Waals surface area contributed by atoms with Gasteiger partial charge in [0.1, 0.15) is 18.3 Å². The number of aliphatic hydroxyl groups excluding tert-OH is 1. The first-order chi connectivity index (χ1) is 10.2. The van der Waals surface area contributed by atoms with Crippen molar-refractivity contribution in [1.82, 2.24) is 4.90 Å². The first kappa shape index (κ1) is 17.1. The third-order valence-corrected chi connectivity index (χ3v) is 3.83. The molecule has 0 aliphatic carbocycles. The molecule has 0 aromatic heterocycles. The van der Waals surface area contributed by atoms with Crippen molar-refractivity contribution < 1.29 is 28.9 Å². The number of allylic oxidation sites excluding steroid dienone is 1. The van der Waals surface area contributed by atoms with Gasteiger partial charge < -0.3 is 19.3 Å². The zero-order valence-electron chi connectivity index (χ0n) is 13.5. The van der Waals surface area contributed by atoms with Gasteiger partial charge >= 0.3 is 0 Å². The molecule has 0 bridgehead atoms. The van der Waals surface area contributed by atoms with Crippen molar-refractivity contribution in [3.05, 3.63) is 11.8 Å². The maximum Gasteiger partial charge on any atom is 0.225 e. The van der Waals surface area contributed by atoms with Crippen LogP contribution in [0.3, 0.4) is 0 Å². The molecule has 1 unspecified atom stereocenters. The van der Waals surface area contributed by atoms with Crippen LogP contribution in [0, 0.1) is 0 Å². The second kappa shape index (κ2) is 6.08. The van der Waals surface area contributed by atoms with Crippen molar-refractivity contribution in [2.45, 2.75) is 64.9 Å². The number of Topliss-reactive ketones (excluding diaryl/α,β-unsaturated/α-hetero) is 1. The molecule has 0 radical (unpaired) electrons. The summed E-state index contributed by atoms with van der Waals surface area (Å²) in [6.07, 6.45) is -0.841. The molecule has 2 fully saturated rings. The van der Waals surface area contributed by atoms with Crippen LogP contribution >= 0.6 is 0 Å². The molecule has 124 valence electrons. The van der Waals surface area contributed by atoms with Crippen molar-refractivity contribution in [2.75, 3.05) is 6.61 Å². The smallest absolute Gasteiger partial charge is 0.225 e. The standard InChI is InChI=1S/C15H23NO6/c1-8(9(2)18)6-16(10(3)19)14-13-12(11(7-17)20-14)21-15(4,5)22-13/h6,11-14,17H,7H2,1-5H3/b8-6-/t11-,12?,13+,14-/m1/s1. The molecule has 0 spiro atoms. The summed E-state index contributed by atoms with van der Waals surface area (Å²) < 4.78 is 17.3. The maximum absolute atomic E-state index is 12.0. The molecule has 0 aromatic carbocycles. The Balaban J connectivity index is 2.30. The Bertz CT molecular complexity index is 500. The van der Waals surface area contributed by atoms with Crippen LogP contribution in [-0.2, 0) is 23.8 Å². The summed E-state index contributed by atoms with van der Waals surface area (Å²) in [6.45, 7) is 7.74. The van der Waals surface area contributed by atoms with Crippen molar-refractivity contribution in [3.8, 4) is 0 Å². The minimum absolute atomic E-state index is 0.136. The van der Waals surface area contributed by atoms with Crippen molar-refractivity contribution in [3.63, 3.8) is 0 Å². The highest BCUT2D eigenvalue weighted by molar-refractivity contribution is 5.93. The fraction of sp³-hybridized carbons (Fsp3) is 0.733. The number of ketones is 1. The topological polar surface area (TPSA) is 85.3 Å². The summed E-state index contributed by atoms with van der Waals surface area (Å²) in [5, 5.41) is 9.46. The normalized spacial score (nSPS) is 33.6. The van der Waals surface area contributed by atoms with Gasteiger partial charge in [-0.05, 0) is 27.7 Å². The molecule has 0 aromatic rings. The molecule has 2 saturated heterocycles. The van der Waals surface area contributed by atoms with E-state index in [9.17, 15) is 14.7 Å².